The van der Waals surface area contributed by atoms with E-state index in [1.165, 1.54) is 0 Å². The summed E-state index contributed by atoms with van der Waals surface area (Å²) in [7, 11) is 0. The van der Waals surface area contributed by atoms with Gasteiger partial charge in [-0.1, -0.05) is 12.1 Å². The van der Waals surface area contributed by atoms with E-state index in [9.17, 15) is 9.90 Å². The maximum absolute atomic E-state index is 12.2. The van der Waals surface area contributed by atoms with E-state index in [4.69, 9.17) is 4.74 Å². The summed E-state index contributed by atoms with van der Waals surface area (Å²) in [6, 6.07) is 7.11. The molecule has 0 spiro atoms. The topological polar surface area (TPSA) is 58.6 Å². The van der Waals surface area contributed by atoms with Gasteiger partial charge in [-0.25, -0.2) is 0 Å². The first-order valence-electron chi connectivity index (χ1n) is 6.71. The summed E-state index contributed by atoms with van der Waals surface area (Å²) < 4.78 is 5.43. The molecule has 0 aliphatic carbocycles. The number of para-hydroxylation sites is 1. The molecular formula is C15H23NO3S. The zero-order chi connectivity index (χ0) is 15.0. The fourth-order valence-corrected chi connectivity index (χ4v) is 2.36. The van der Waals surface area contributed by atoms with Crippen molar-refractivity contribution in [2.24, 2.45) is 0 Å². The predicted octanol–water partition coefficient (Wildman–Crippen LogP) is 2.32. The molecule has 0 aromatic heterocycles. The summed E-state index contributed by atoms with van der Waals surface area (Å²) >= 11 is 1.68. The molecule has 5 heteroatoms. The van der Waals surface area contributed by atoms with Crippen molar-refractivity contribution in [2.45, 2.75) is 25.9 Å². The van der Waals surface area contributed by atoms with E-state index in [0.29, 0.717) is 24.3 Å². The van der Waals surface area contributed by atoms with Crippen LogP contribution in [0.1, 0.15) is 30.6 Å². The van der Waals surface area contributed by atoms with Gasteiger partial charge in [-0.3, -0.25) is 4.79 Å². The number of hydrogen-bond donors (Lipinski definition) is 2. The van der Waals surface area contributed by atoms with Crippen LogP contribution in [0.5, 0.6) is 5.75 Å². The van der Waals surface area contributed by atoms with E-state index in [2.05, 4.69) is 5.32 Å². The van der Waals surface area contributed by atoms with E-state index < -0.39 is 5.60 Å². The lowest BCUT2D eigenvalue weighted by Crippen LogP contribution is -2.41. The molecule has 1 rings (SSSR count). The molecule has 0 fully saturated rings. The molecule has 0 aliphatic rings. The molecular weight excluding hydrogens is 274 g/mol. The number of ether oxygens (including phenoxy) is 1. The molecule has 1 aromatic carbocycles. The summed E-state index contributed by atoms with van der Waals surface area (Å²) in [6.45, 7) is 4.35. The summed E-state index contributed by atoms with van der Waals surface area (Å²) in [6.07, 6.45) is 2.63. The van der Waals surface area contributed by atoms with Gasteiger partial charge in [-0.05, 0) is 44.4 Å². The second-order valence-corrected chi connectivity index (χ2v) is 5.84. The van der Waals surface area contributed by atoms with E-state index in [1.807, 2.05) is 19.2 Å². The van der Waals surface area contributed by atoms with E-state index in [-0.39, 0.29) is 12.5 Å². The number of amides is 1. The van der Waals surface area contributed by atoms with Crippen LogP contribution in [0.25, 0.3) is 0 Å². The van der Waals surface area contributed by atoms with Crippen molar-refractivity contribution in [1.82, 2.24) is 5.32 Å². The number of rotatable bonds is 8. The lowest BCUT2D eigenvalue weighted by Gasteiger charge is -2.23. The summed E-state index contributed by atoms with van der Waals surface area (Å²) in [5, 5.41) is 12.9. The average molecular weight is 297 g/mol. The quantitative estimate of drug-likeness (QED) is 0.773. The first kappa shape index (κ1) is 16.9. The van der Waals surface area contributed by atoms with Crippen molar-refractivity contribution in [1.29, 1.82) is 0 Å². The Balaban J connectivity index is 2.63. The zero-order valence-electron chi connectivity index (χ0n) is 12.3. The number of thioether (sulfide) groups is 1. The van der Waals surface area contributed by atoms with E-state index >= 15 is 0 Å². The number of nitrogens with one attached hydrogen (secondary N) is 1. The number of benzene rings is 1. The van der Waals surface area contributed by atoms with Gasteiger partial charge >= 0.3 is 0 Å². The second kappa shape index (κ2) is 8.17. The Bertz CT molecular complexity index is 435. The Hall–Kier alpha value is -1.20. The van der Waals surface area contributed by atoms with Crippen LogP contribution in [-0.2, 0) is 0 Å². The molecule has 0 aliphatic heterocycles. The van der Waals surface area contributed by atoms with Gasteiger partial charge in [0.05, 0.1) is 17.8 Å². The Morgan fingerprint density at radius 3 is 2.80 bits per heavy atom. The van der Waals surface area contributed by atoms with Gasteiger partial charge < -0.3 is 15.2 Å². The van der Waals surface area contributed by atoms with Crippen molar-refractivity contribution in [2.75, 3.05) is 25.2 Å². The van der Waals surface area contributed by atoms with Crippen LogP contribution in [0.3, 0.4) is 0 Å². The number of hydrogen-bond acceptors (Lipinski definition) is 4. The highest BCUT2D eigenvalue weighted by Gasteiger charge is 2.21. The van der Waals surface area contributed by atoms with Crippen LogP contribution in [0.4, 0.5) is 0 Å². The summed E-state index contributed by atoms with van der Waals surface area (Å²) in [5.41, 5.74) is -0.394. The molecule has 0 saturated carbocycles. The minimum atomic E-state index is -0.890. The monoisotopic (exact) mass is 297 g/mol. The van der Waals surface area contributed by atoms with Crippen molar-refractivity contribution in [3.05, 3.63) is 29.8 Å². The second-order valence-electron chi connectivity index (χ2n) is 4.85. The number of aliphatic hydroxyl groups is 1. The third kappa shape index (κ3) is 5.43. The molecule has 112 valence electrons. The van der Waals surface area contributed by atoms with Gasteiger partial charge in [-0.15, -0.1) is 0 Å². The minimum absolute atomic E-state index is 0.224. The van der Waals surface area contributed by atoms with Crippen LogP contribution in [-0.4, -0.2) is 41.8 Å². The van der Waals surface area contributed by atoms with Gasteiger partial charge in [0.2, 0.25) is 0 Å². The maximum Gasteiger partial charge on any atom is 0.255 e. The SMILES string of the molecule is CCOc1ccccc1C(=O)NC[C@@](C)(O)CCSC. The van der Waals surface area contributed by atoms with Crippen molar-refractivity contribution >= 4 is 17.7 Å². The fourth-order valence-electron chi connectivity index (χ4n) is 1.71. The molecule has 1 aromatic rings. The average Bonchev–Trinajstić information content (AvgIpc) is 2.44. The van der Waals surface area contributed by atoms with Crippen LogP contribution in [0, 0.1) is 0 Å². The third-order valence-corrected chi connectivity index (χ3v) is 3.52. The largest absolute Gasteiger partial charge is 0.493 e. The third-order valence-electron chi connectivity index (χ3n) is 2.91. The van der Waals surface area contributed by atoms with Crippen LogP contribution in [0.15, 0.2) is 24.3 Å². The highest BCUT2D eigenvalue weighted by Crippen LogP contribution is 2.18. The maximum atomic E-state index is 12.2. The lowest BCUT2D eigenvalue weighted by atomic mass is 10.0. The first-order valence-corrected chi connectivity index (χ1v) is 8.11. The molecule has 1 amide bonds. The Morgan fingerprint density at radius 1 is 1.45 bits per heavy atom. The van der Waals surface area contributed by atoms with Gasteiger partial charge in [0.1, 0.15) is 5.75 Å². The molecule has 0 saturated heterocycles. The molecule has 0 bridgehead atoms. The zero-order valence-corrected chi connectivity index (χ0v) is 13.1. The standard InChI is InChI=1S/C15H23NO3S/c1-4-19-13-8-6-5-7-12(13)14(17)16-11-15(2,18)9-10-20-3/h5-8,18H,4,9-11H2,1-3H3,(H,16,17)/t15-/m0/s1. The number of carbonyl (C=O) groups is 1. The van der Waals surface area contributed by atoms with Gasteiger partial charge in [0, 0.05) is 6.54 Å². The molecule has 4 nitrogen and oxygen atoms in total. The smallest absolute Gasteiger partial charge is 0.255 e. The lowest BCUT2D eigenvalue weighted by molar-refractivity contribution is 0.0527. The van der Waals surface area contributed by atoms with Crippen LogP contribution in [0.2, 0.25) is 0 Å². The number of carbonyl (C=O) groups excluding carboxylic acids is 1. The van der Waals surface area contributed by atoms with E-state index in [1.54, 1.807) is 36.9 Å². The normalized spacial score (nSPS) is 13.6. The summed E-state index contributed by atoms with van der Waals surface area (Å²) in [4.78, 5) is 12.2. The fraction of sp³-hybridized carbons (Fsp3) is 0.533. The van der Waals surface area contributed by atoms with Crippen LogP contribution >= 0.6 is 11.8 Å². The minimum Gasteiger partial charge on any atom is -0.493 e. The van der Waals surface area contributed by atoms with Crippen molar-refractivity contribution in [3.63, 3.8) is 0 Å². The van der Waals surface area contributed by atoms with Crippen molar-refractivity contribution < 1.29 is 14.6 Å². The van der Waals surface area contributed by atoms with Gasteiger partial charge in [-0.2, -0.15) is 11.8 Å². The highest BCUT2D eigenvalue weighted by atomic mass is 32.2. The van der Waals surface area contributed by atoms with Gasteiger partial charge in [0.15, 0.2) is 0 Å². The molecule has 20 heavy (non-hydrogen) atoms. The van der Waals surface area contributed by atoms with Gasteiger partial charge in [0.25, 0.3) is 5.91 Å². The molecule has 2 N–H and O–H groups in total. The molecule has 0 radical (unpaired) electrons. The van der Waals surface area contributed by atoms with E-state index in [0.717, 1.165) is 5.75 Å². The predicted molar refractivity (Wildman–Crippen MR) is 83.6 cm³/mol. The molecule has 0 unspecified atom stereocenters. The molecule has 0 heterocycles. The van der Waals surface area contributed by atoms with Crippen LogP contribution < -0.4 is 10.1 Å². The van der Waals surface area contributed by atoms with Crippen molar-refractivity contribution in [3.8, 4) is 5.75 Å². The summed E-state index contributed by atoms with van der Waals surface area (Å²) in [5.74, 6) is 1.20. The Morgan fingerprint density at radius 2 is 2.15 bits per heavy atom. The molecule has 1 atom stereocenters. The Labute approximate surface area is 124 Å². The highest BCUT2D eigenvalue weighted by molar-refractivity contribution is 7.98. The first-order chi connectivity index (χ1) is 9.50. The Kier molecular flexibility index (Phi) is 6.88.